The largest absolute Gasteiger partial charge is 0.497 e. The summed E-state index contributed by atoms with van der Waals surface area (Å²) >= 11 is 0. The van der Waals surface area contributed by atoms with Crippen LogP contribution in [0.1, 0.15) is 38.0 Å². The minimum absolute atomic E-state index is 0.245. The molecule has 1 atom stereocenters. The van der Waals surface area contributed by atoms with Crippen molar-refractivity contribution >= 4 is 23.6 Å². The van der Waals surface area contributed by atoms with E-state index in [-0.39, 0.29) is 11.1 Å². The van der Waals surface area contributed by atoms with Crippen LogP contribution < -0.4 is 4.74 Å². The number of imide groups is 1. The number of ether oxygens (including phenoxy) is 2. The van der Waals surface area contributed by atoms with E-state index >= 15 is 0 Å². The second-order valence-corrected chi connectivity index (χ2v) is 5.96. The molecular formula is C20H17NO6. The molecule has 1 aliphatic heterocycles. The number of rotatable bonds is 6. The van der Waals surface area contributed by atoms with Crippen LogP contribution in [0, 0.1) is 0 Å². The molecule has 27 heavy (non-hydrogen) atoms. The maximum atomic E-state index is 12.4. The monoisotopic (exact) mass is 367 g/mol. The summed E-state index contributed by atoms with van der Waals surface area (Å²) in [5.74, 6) is -1.86. The highest BCUT2D eigenvalue weighted by Crippen LogP contribution is 2.24. The number of methoxy groups -OCH3 is 1. The van der Waals surface area contributed by atoms with Gasteiger partial charge in [0.25, 0.3) is 11.8 Å². The van der Waals surface area contributed by atoms with Crippen molar-refractivity contribution in [2.45, 2.75) is 13.0 Å². The fourth-order valence-electron chi connectivity index (χ4n) is 2.80. The first-order valence-electron chi connectivity index (χ1n) is 8.25. The number of carbonyl (C=O) groups is 4. The Balaban J connectivity index is 1.65. The van der Waals surface area contributed by atoms with Crippen molar-refractivity contribution in [2.75, 3.05) is 13.7 Å². The summed E-state index contributed by atoms with van der Waals surface area (Å²) in [5.41, 5.74) is 0.819. The number of benzene rings is 2. The number of hydrogen-bond acceptors (Lipinski definition) is 6. The van der Waals surface area contributed by atoms with Gasteiger partial charge in [-0.15, -0.1) is 0 Å². The predicted molar refractivity (Wildman–Crippen MR) is 94.7 cm³/mol. The Hall–Kier alpha value is -3.48. The summed E-state index contributed by atoms with van der Waals surface area (Å²) in [7, 11) is 1.48. The lowest BCUT2D eigenvalue weighted by Gasteiger charge is -2.20. The number of Topliss-reactive ketones (excluding diaryl/α,β-unsaturated/α-hetero) is 1. The summed E-state index contributed by atoms with van der Waals surface area (Å²) in [6.45, 7) is 0.888. The van der Waals surface area contributed by atoms with Crippen LogP contribution in [-0.2, 0) is 9.53 Å². The summed E-state index contributed by atoms with van der Waals surface area (Å²) in [5, 5.41) is 0. The maximum absolute atomic E-state index is 12.4. The van der Waals surface area contributed by atoms with E-state index < -0.39 is 36.2 Å². The van der Waals surface area contributed by atoms with Crippen molar-refractivity contribution in [3.8, 4) is 5.75 Å². The lowest BCUT2D eigenvalue weighted by Crippen LogP contribution is -2.44. The lowest BCUT2D eigenvalue weighted by atomic mass is 10.1. The van der Waals surface area contributed by atoms with Crippen molar-refractivity contribution in [1.29, 1.82) is 0 Å². The molecule has 138 valence electrons. The molecule has 0 N–H and O–H groups in total. The Morgan fingerprint density at radius 3 is 2.22 bits per heavy atom. The molecule has 2 aromatic rings. The van der Waals surface area contributed by atoms with Crippen LogP contribution in [0.25, 0.3) is 0 Å². The van der Waals surface area contributed by atoms with Crippen molar-refractivity contribution in [3.63, 3.8) is 0 Å². The van der Waals surface area contributed by atoms with E-state index in [9.17, 15) is 19.2 Å². The second-order valence-electron chi connectivity index (χ2n) is 5.96. The molecule has 1 aliphatic rings. The molecule has 1 heterocycles. The summed E-state index contributed by atoms with van der Waals surface area (Å²) in [6, 6.07) is 11.6. The topological polar surface area (TPSA) is 90.0 Å². The first-order chi connectivity index (χ1) is 12.9. The molecule has 0 unspecified atom stereocenters. The minimum atomic E-state index is -1.14. The number of ketones is 1. The van der Waals surface area contributed by atoms with Crippen LogP contribution in [0.3, 0.4) is 0 Å². The summed E-state index contributed by atoms with van der Waals surface area (Å²) in [4.78, 5) is 50.1. The quantitative estimate of drug-likeness (QED) is 0.441. The average Bonchev–Trinajstić information content (AvgIpc) is 2.96. The van der Waals surface area contributed by atoms with Crippen molar-refractivity contribution in [1.82, 2.24) is 4.90 Å². The van der Waals surface area contributed by atoms with Crippen LogP contribution in [0.15, 0.2) is 48.5 Å². The van der Waals surface area contributed by atoms with Gasteiger partial charge in [-0.1, -0.05) is 24.3 Å². The zero-order valence-electron chi connectivity index (χ0n) is 14.8. The van der Waals surface area contributed by atoms with Gasteiger partial charge in [0.05, 0.1) is 18.2 Å². The van der Waals surface area contributed by atoms with Gasteiger partial charge < -0.3 is 9.47 Å². The zero-order valence-corrected chi connectivity index (χ0v) is 14.8. The van der Waals surface area contributed by atoms with Gasteiger partial charge in [0.2, 0.25) is 0 Å². The molecule has 7 heteroatoms. The molecule has 0 bridgehead atoms. The fourth-order valence-corrected chi connectivity index (χ4v) is 2.80. The van der Waals surface area contributed by atoms with E-state index in [2.05, 4.69) is 0 Å². The van der Waals surface area contributed by atoms with Gasteiger partial charge in [0.1, 0.15) is 11.8 Å². The van der Waals surface area contributed by atoms with E-state index in [1.165, 1.54) is 32.2 Å². The lowest BCUT2D eigenvalue weighted by molar-refractivity contribution is -0.146. The third-order valence-corrected chi connectivity index (χ3v) is 4.29. The Bertz CT molecular complexity index is 901. The molecule has 0 aromatic heterocycles. The molecular weight excluding hydrogens is 350 g/mol. The minimum Gasteiger partial charge on any atom is -0.497 e. The molecule has 2 amide bonds. The van der Waals surface area contributed by atoms with E-state index in [1.807, 2.05) is 0 Å². The van der Waals surface area contributed by atoms with Crippen LogP contribution in [0.5, 0.6) is 5.75 Å². The summed E-state index contributed by atoms with van der Waals surface area (Å²) < 4.78 is 10.1. The first kappa shape index (κ1) is 18.3. The van der Waals surface area contributed by atoms with Gasteiger partial charge in [-0.3, -0.25) is 19.3 Å². The number of carbonyl (C=O) groups excluding carboxylic acids is 4. The van der Waals surface area contributed by atoms with Gasteiger partial charge in [-0.05, 0) is 31.2 Å². The van der Waals surface area contributed by atoms with Gasteiger partial charge in [0.15, 0.2) is 12.4 Å². The standard InChI is InChI=1S/C20H17NO6/c1-12(21-18(23)15-8-3-4-9-16(15)19(21)24)20(25)27-11-17(22)13-6-5-7-14(10-13)26-2/h3-10,12H,11H2,1-2H3/t12-/m1/s1. The van der Waals surface area contributed by atoms with E-state index in [0.717, 1.165) is 4.90 Å². The number of amides is 2. The van der Waals surface area contributed by atoms with E-state index in [1.54, 1.807) is 30.3 Å². The Kier molecular flexibility index (Phi) is 5.03. The van der Waals surface area contributed by atoms with Crippen LogP contribution >= 0.6 is 0 Å². The van der Waals surface area contributed by atoms with E-state index in [4.69, 9.17) is 9.47 Å². The number of esters is 1. The van der Waals surface area contributed by atoms with Gasteiger partial charge in [-0.25, -0.2) is 4.79 Å². The molecule has 2 aromatic carbocycles. The fraction of sp³-hybridized carbons (Fsp3) is 0.200. The SMILES string of the molecule is COc1cccc(C(=O)COC(=O)[C@@H](C)N2C(=O)c3ccccc3C2=O)c1. The highest BCUT2D eigenvalue weighted by Gasteiger charge is 2.41. The van der Waals surface area contributed by atoms with Gasteiger partial charge >= 0.3 is 5.97 Å². The Morgan fingerprint density at radius 2 is 1.63 bits per heavy atom. The molecule has 0 saturated carbocycles. The summed E-state index contributed by atoms with van der Waals surface area (Å²) in [6.07, 6.45) is 0. The van der Waals surface area contributed by atoms with Crippen LogP contribution in [-0.4, -0.2) is 48.2 Å². The van der Waals surface area contributed by atoms with Gasteiger partial charge in [0, 0.05) is 5.56 Å². The number of nitrogens with zero attached hydrogens (tertiary/aromatic N) is 1. The molecule has 0 aliphatic carbocycles. The van der Waals surface area contributed by atoms with Gasteiger partial charge in [-0.2, -0.15) is 0 Å². The zero-order chi connectivity index (χ0) is 19.6. The third kappa shape index (κ3) is 3.44. The van der Waals surface area contributed by atoms with Crippen LogP contribution in [0.4, 0.5) is 0 Å². The highest BCUT2D eigenvalue weighted by atomic mass is 16.5. The predicted octanol–water partition coefficient (Wildman–Crippen LogP) is 2.11. The molecule has 0 fully saturated rings. The normalized spacial score (nSPS) is 13.9. The maximum Gasteiger partial charge on any atom is 0.329 e. The Morgan fingerprint density at radius 1 is 1.00 bits per heavy atom. The highest BCUT2D eigenvalue weighted by molar-refractivity contribution is 6.22. The third-order valence-electron chi connectivity index (χ3n) is 4.29. The average molecular weight is 367 g/mol. The second kappa shape index (κ2) is 7.41. The molecule has 0 radical (unpaired) electrons. The molecule has 3 rings (SSSR count). The Labute approximate surface area is 155 Å². The van der Waals surface area contributed by atoms with Crippen molar-refractivity contribution < 1.29 is 28.7 Å². The number of fused-ring (bicyclic) bond motifs is 1. The van der Waals surface area contributed by atoms with E-state index in [0.29, 0.717) is 11.3 Å². The molecule has 0 saturated heterocycles. The van der Waals surface area contributed by atoms with Crippen molar-refractivity contribution in [3.05, 3.63) is 65.2 Å². The first-order valence-corrected chi connectivity index (χ1v) is 8.25. The molecule has 0 spiro atoms. The van der Waals surface area contributed by atoms with Crippen LogP contribution in [0.2, 0.25) is 0 Å². The molecule has 7 nitrogen and oxygen atoms in total. The number of hydrogen-bond donors (Lipinski definition) is 0. The smallest absolute Gasteiger partial charge is 0.329 e. The van der Waals surface area contributed by atoms with Crippen molar-refractivity contribution in [2.24, 2.45) is 0 Å².